The number of piperidine rings is 1. The van der Waals surface area contributed by atoms with Crippen molar-refractivity contribution in [3.63, 3.8) is 0 Å². The molecule has 0 bridgehead atoms. The van der Waals surface area contributed by atoms with E-state index in [1.165, 1.54) is 19.2 Å². The molecule has 1 heterocycles. The Balaban J connectivity index is 2.13. The molecule has 0 spiro atoms. The lowest BCUT2D eigenvalue weighted by Gasteiger charge is -2.33. The van der Waals surface area contributed by atoms with E-state index in [0.717, 1.165) is 25.5 Å². The predicted molar refractivity (Wildman–Crippen MR) is 80.3 cm³/mol. The highest BCUT2D eigenvalue weighted by Crippen LogP contribution is 2.30. The molecule has 1 aromatic carbocycles. The molecule has 22 heavy (non-hydrogen) atoms. The lowest BCUT2D eigenvalue weighted by atomic mass is 9.82. The summed E-state index contributed by atoms with van der Waals surface area (Å²) in [7, 11) is -4.11. The van der Waals surface area contributed by atoms with E-state index >= 15 is 0 Å². The van der Waals surface area contributed by atoms with Crippen molar-refractivity contribution in [3.8, 4) is 11.5 Å². The molecule has 9 heteroatoms. The van der Waals surface area contributed by atoms with Crippen LogP contribution in [0.3, 0.4) is 0 Å². The Hall–Kier alpha value is -1.32. The lowest BCUT2D eigenvalue weighted by Crippen LogP contribution is -2.47. The lowest BCUT2D eigenvalue weighted by molar-refractivity contribution is 0.121. The highest BCUT2D eigenvalue weighted by Gasteiger charge is 2.26. The highest BCUT2D eigenvalue weighted by atomic mass is 32.3. The van der Waals surface area contributed by atoms with Gasteiger partial charge in [0.05, 0.1) is 7.11 Å². The summed E-state index contributed by atoms with van der Waals surface area (Å²) >= 11 is 0. The largest absolute Gasteiger partial charge is 0.495 e. The monoisotopic (exact) mass is 331 g/mol. The Bertz CT molecular complexity index is 625. The van der Waals surface area contributed by atoms with Gasteiger partial charge in [-0.05, 0) is 38.3 Å². The van der Waals surface area contributed by atoms with E-state index < -0.39 is 22.2 Å². The van der Waals surface area contributed by atoms with E-state index in [9.17, 15) is 17.3 Å². The first-order chi connectivity index (χ1) is 10.3. The van der Waals surface area contributed by atoms with Crippen LogP contribution in [0.5, 0.6) is 11.5 Å². The third-order valence-corrected chi connectivity index (χ3v) is 4.50. The molecule has 1 aliphatic rings. The Kier molecular flexibility index (Phi) is 5.30. The van der Waals surface area contributed by atoms with Gasteiger partial charge in [0, 0.05) is 12.6 Å². The van der Waals surface area contributed by atoms with Crippen molar-refractivity contribution < 1.29 is 26.8 Å². The smallest absolute Gasteiger partial charge is 0.376 e. The average Bonchev–Trinajstić information content (AvgIpc) is 2.46. The van der Waals surface area contributed by atoms with Crippen molar-refractivity contribution in [2.75, 3.05) is 20.2 Å². The number of rotatable bonds is 5. The minimum Gasteiger partial charge on any atom is -0.495 e. The molecule has 1 aromatic rings. The van der Waals surface area contributed by atoms with Crippen molar-refractivity contribution in [3.05, 3.63) is 18.2 Å². The van der Waals surface area contributed by atoms with Gasteiger partial charge in [0.25, 0.3) is 0 Å². The topological polar surface area (TPSA) is 76.1 Å². The van der Waals surface area contributed by atoms with Gasteiger partial charge in [-0.2, -0.15) is 8.42 Å². The SMILES string of the molecule is COc1cc(O[C@@H]2CCCN(B(C)O)C2)ccc1S(=O)(=O)F. The first-order valence-electron chi connectivity index (χ1n) is 7.02. The summed E-state index contributed by atoms with van der Waals surface area (Å²) in [5.74, 6) is 0.310. The molecule has 0 radical (unpaired) electrons. The van der Waals surface area contributed by atoms with Crippen molar-refractivity contribution >= 4 is 17.3 Å². The van der Waals surface area contributed by atoms with Crippen LogP contribution in [0.1, 0.15) is 12.8 Å². The number of hydrogen-bond donors (Lipinski definition) is 1. The number of benzene rings is 1. The van der Waals surface area contributed by atoms with Crippen LogP contribution in [-0.2, 0) is 10.2 Å². The molecule has 0 aromatic heterocycles. The Labute approximate surface area is 130 Å². The second-order valence-electron chi connectivity index (χ2n) is 5.26. The van der Waals surface area contributed by atoms with Crippen LogP contribution >= 0.6 is 0 Å². The number of hydrogen-bond acceptors (Lipinski definition) is 6. The van der Waals surface area contributed by atoms with Crippen molar-refractivity contribution in [2.24, 2.45) is 0 Å². The summed E-state index contributed by atoms with van der Waals surface area (Å²) in [6, 6.07) is 3.88. The molecule has 1 atom stereocenters. The van der Waals surface area contributed by atoms with E-state index in [1.807, 2.05) is 4.81 Å². The summed E-state index contributed by atoms with van der Waals surface area (Å²) in [6.45, 7) is 3.08. The zero-order valence-electron chi connectivity index (χ0n) is 12.5. The molecule has 0 unspecified atom stereocenters. The van der Waals surface area contributed by atoms with Crippen LogP contribution in [0.15, 0.2) is 23.1 Å². The van der Waals surface area contributed by atoms with Gasteiger partial charge in [-0.15, -0.1) is 3.89 Å². The van der Waals surface area contributed by atoms with Crippen molar-refractivity contribution in [1.82, 2.24) is 4.81 Å². The number of nitrogens with zero attached hydrogens (tertiary/aromatic N) is 1. The van der Waals surface area contributed by atoms with Gasteiger partial charge < -0.3 is 19.3 Å². The van der Waals surface area contributed by atoms with Gasteiger partial charge in [0.1, 0.15) is 22.5 Å². The van der Waals surface area contributed by atoms with Crippen LogP contribution in [0.4, 0.5) is 3.89 Å². The summed E-state index contributed by atoms with van der Waals surface area (Å²) in [6.07, 6.45) is 1.60. The Morgan fingerprint density at radius 3 is 2.77 bits per heavy atom. The van der Waals surface area contributed by atoms with Crippen molar-refractivity contribution in [2.45, 2.75) is 30.7 Å². The third-order valence-electron chi connectivity index (χ3n) is 3.64. The molecule has 0 saturated carbocycles. The van der Waals surface area contributed by atoms with Gasteiger partial charge in [0.15, 0.2) is 0 Å². The molecular weight excluding hydrogens is 312 g/mol. The molecule has 1 saturated heterocycles. The van der Waals surface area contributed by atoms with Gasteiger partial charge >= 0.3 is 17.3 Å². The maximum Gasteiger partial charge on any atom is 0.376 e. The van der Waals surface area contributed by atoms with Crippen LogP contribution in [-0.4, -0.2) is 51.6 Å². The standard InChI is InChI=1S/C13H19BFNO5S/c1-14(17)16-7-3-4-11(9-16)21-10-5-6-13(22(15,18)19)12(8-10)20-2/h5-6,8,11,17H,3-4,7,9H2,1-2H3/t11-/m1/s1. The molecule has 0 aliphatic carbocycles. The number of methoxy groups -OCH3 is 1. The molecule has 1 N–H and O–H groups in total. The molecule has 1 fully saturated rings. The maximum absolute atomic E-state index is 13.1. The molecule has 122 valence electrons. The van der Waals surface area contributed by atoms with E-state index in [-0.39, 0.29) is 11.9 Å². The zero-order valence-corrected chi connectivity index (χ0v) is 13.3. The van der Waals surface area contributed by atoms with E-state index in [2.05, 4.69) is 0 Å². The van der Waals surface area contributed by atoms with Crippen LogP contribution < -0.4 is 9.47 Å². The average molecular weight is 331 g/mol. The number of ether oxygens (including phenoxy) is 2. The fourth-order valence-electron chi connectivity index (χ4n) is 2.52. The summed E-state index contributed by atoms with van der Waals surface area (Å²) in [5, 5.41) is 9.61. The second-order valence-corrected chi connectivity index (χ2v) is 6.57. The normalized spacial score (nSPS) is 19.7. The van der Waals surface area contributed by atoms with Crippen LogP contribution in [0.25, 0.3) is 0 Å². The molecule has 2 rings (SSSR count). The third kappa shape index (κ3) is 4.11. The molecule has 6 nitrogen and oxygen atoms in total. The molecular formula is C13H19BFNO5S. The first-order valence-corrected chi connectivity index (χ1v) is 8.41. The first kappa shape index (κ1) is 17.0. The Morgan fingerprint density at radius 1 is 1.45 bits per heavy atom. The van der Waals surface area contributed by atoms with E-state index in [0.29, 0.717) is 12.3 Å². The summed E-state index contributed by atoms with van der Waals surface area (Å²) in [4.78, 5) is 1.38. The summed E-state index contributed by atoms with van der Waals surface area (Å²) in [5.41, 5.74) is 0. The quantitative estimate of drug-likeness (QED) is 0.648. The fourth-order valence-corrected chi connectivity index (χ4v) is 3.13. The number of halogens is 1. The van der Waals surface area contributed by atoms with Gasteiger partial charge in [-0.3, -0.25) is 0 Å². The fraction of sp³-hybridized carbons (Fsp3) is 0.538. The Morgan fingerprint density at radius 2 is 2.18 bits per heavy atom. The molecule has 0 amide bonds. The second kappa shape index (κ2) is 6.85. The van der Waals surface area contributed by atoms with Gasteiger partial charge in [0.2, 0.25) is 0 Å². The van der Waals surface area contributed by atoms with E-state index in [4.69, 9.17) is 9.47 Å². The summed E-state index contributed by atoms with van der Waals surface area (Å²) < 4.78 is 45.8. The van der Waals surface area contributed by atoms with Crippen LogP contribution in [0.2, 0.25) is 6.82 Å². The van der Waals surface area contributed by atoms with Gasteiger partial charge in [-0.25, -0.2) is 0 Å². The maximum atomic E-state index is 13.1. The van der Waals surface area contributed by atoms with Gasteiger partial charge in [-0.1, -0.05) is 0 Å². The minimum atomic E-state index is -4.84. The zero-order chi connectivity index (χ0) is 16.3. The highest BCUT2D eigenvalue weighted by molar-refractivity contribution is 7.86. The predicted octanol–water partition coefficient (Wildman–Crippen LogP) is 1.31. The van der Waals surface area contributed by atoms with Crippen LogP contribution in [0, 0.1) is 0 Å². The van der Waals surface area contributed by atoms with Crippen molar-refractivity contribution in [1.29, 1.82) is 0 Å². The van der Waals surface area contributed by atoms with E-state index in [1.54, 1.807) is 6.82 Å². The minimum absolute atomic E-state index is 0.0943. The molecule has 1 aliphatic heterocycles.